The zero-order chi connectivity index (χ0) is 12.7. The number of halogens is 1. The lowest BCUT2D eigenvalue weighted by Gasteiger charge is -2.20. The predicted octanol–water partition coefficient (Wildman–Crippen LogP) is 2.70. The second-order valence-corrected chi connectivity index (χ2v) is 6.64. The van der Waals surface area contributed by atoms with Crippen LogP contribution in [-0.4, -0.2) is 38.3 Å². The highest BCUT2D eigenvalue weighted by molar-refractivity contribution is 9.11. The first-order valence-corrected chi connectivity index (χ1v) is 7.45. The van der Waals surface area contributed by atoms with Crippen molar-refractivity contribution in [1.82, 2.24) is 4.90 Å². The number of thiophene rings is 1. The van der Waals surface area contributed by atoms with Gasteiger partial charge in [-0.15, -0.1) is 11.3 Å². The quantitative estimate of drug-likeness (QED) is 0.748. The highest BCUT2D eigenvalue weighted by Crippen LogP contribution is 2.21. The van der Waals surface area contributed by atoms with Crippen LogP contribution in [0.3, 0.4) is 0 Å². The van der Waals surface area contributed by atoms with Crippen molar-refractivity contribution in [2.45, 2.75) is 25.4 Å². The van der Waals surface area contributed by atoms with Gasteiger partial charge >= 0.3 is 0 Å². The molecule has 0 saturated heterocycles. The van der Waals surface area contributed by atoms with Crippen LogP contribution in [0.5, 0.6) is 0 Å². The van der Waals surface area contributed by atoms with E-state index in [-0.39, 0.29) is 6.04 Å². The van der Waals surface area contributed by atoms with E-state index in [4.69, 9.17) is 10.5 Å². The summed E-state index contributed by atoms with van der Waals surface area (Å²) in [7, 11) is 3.84. The van der Waals surface area contributed by atoms with Gasteiger partial charge in [-0.3, -0.25) is 0 Å². The van der Waals surface area contributed by atoms with Crippen LogP contribution in [0.25, 0.3) is 0 Å². The molecular weight excluding hydrogens is 300 g/mol. The molecule has 1 aromatic rings. The average Bonchev–Trinajstić information content (AvgIpc) is 2.64. The fraction of sp³-hybridized carbons (Fsp3) is 0.667. The van der Waals surface area contributed by atoms with Crippen molar-refractivity contribution in [2.24, 2.45) is 5.73 Å². The Morgan fingerprint density at radius 1 is 1.59 bits per heavy atom. The highest BCUT2D eigenvalue weighted by atomic mass is 79.9. The van der Waals surface area contributed by atoms with Crippen LogP contribution < -0.4 is 5.73 Å². The first-order chi connectivity index (χ1) is 8.11. The molecule has 2 N–H and O–H groups in total. The Balaban J connectivity index is 2.21. The Bertz CT molecular complexity index is 319. The lowest BCUT2D eigenvalue weighted by Crippen LogP contribution is -2.35. The van der Waals surface area contributed by atoms with E-state index in [0.29, 0.717) is 0 Å². The van der Waals surface area contributed by atoms with Crippen molar-refractivity contribution in [3.8, 4) is 0 Å². The van der Waals surface area contributed by atoms with Gasteiger partial charge in [0.1, 0.15) is 0 Å². The third kappa shape index (κ3) is 6.52. The van der Waals surface area contributed by atoms with Crippen molar-refractivity contribution >= 4 is 27.3 Å². The van der Waals surface area contributed by atoms with Crippen LogP contribution >= 0.6 is 27.3 Å². The summed E-state index contributed by atoms with van der Waals surface area (Å²) in [5, 5.41) is 2.18. The molecule has 3 nitrogen and oxygen atoms in total. The first-order valence-electron chi connectivity index (χ1n) is 5.77. The van der Waals surface area contributed by atoms with Crippen molar-refractivity contribution in [2.75, 3.05) is 27.3 Å². The maximum absolute atomic E-state index is 6.07. The third-order valence-electron chi connectivity index (χ3n) is 2.54. The summed E-state index contributed by atoms with van der Waals surface area (Å²) in [6, 6.07) is 2.40. The van der Waals surface area contributed by atoms with Gasteiger partial charge in [0, 0.05) is 32.8 Å². The molecule has 0 fully saturated rings. The smallest absolute Gasteiger partial charge is 0.0701 e. The summed E-state index contributed by atoms with van der Waals surface area (Å²) in [6.45, 7) is 2.69. The number of methoxy groups -OCH3 is 1. The van der Waals surface area contributed by atoms with Crippen molar-refractivity contribution in [3.05, 3.63) is 20.8 Å². The first kappa shape index (κ1) is 15.1. The molecular formula is C12H21BrN2OS. The average molecular weight is 321 g/mol. The minimum atomic E-state index is 0.234. The van der Waals surface area contributed by atoms with Gasteiger partial charge in [-0.25, -0.2) is 0 Å². The maximum Gasteiger partial charge on any atom is 0.0701 e. The third-order valence-corrected chi connectivity index (χ3v) is 4.10. The second kappa shape index (κ2) is 8.21. The Kier molecular flexibility index (Phi) is 7.30. The minimum absolute atomic E-state index is 0.234. The molecule has 17 heavy (non-hydrogen) atoms. The standard InChI is InChI=1S/C12H21BrN2OS/c1-15(7-10-6-12(13)17-9-10)8-11(14)4-3-5-16-2/h6,9,11H,3-5,7-8,14H2,1-2H3. The SMILES string of the molecule is COCCCC(N)CN(C)Cc1csc(Br)c1. The lowest BCUT2D eigenvalue weighted by molar-refractivity contribution is 0.187. The number of hydrogen-bond donors (Lipinski definition) is 1. The van der Waals surface area contributed by atoms with Crippen LogP contribution in [0, 0.1) is 0 Å². The van der Waals surface area contributed by atoms with Gasteiger partial charge in [-0.05, 0) is 52.8 Å². The zero-order valence-electron chi connectivity index (χ0n) is 10.5. The number of rotatable bonds is 8. The molecule has 0 bridgehead atoms. The van der Waals surface area contributed by atoms with Gasteiger partial charge in [0.2, 0.25) is 0 Å². The van der Waals surface area contributed by atoms with E-state index < -0.39 is 0 Å². The van der Waals surface area contributed by atoms with Crippen molar-refractivity contribution in [3.63, 3.8) is 0 Å². The van der Waals surface area contributed by atoms with Crippen LogP contribution in [-0.2, 0) is 11.3 Å². The largest absolute Gasteiger partial charge is 0.385 e. The molecule has 1 aromatic heterocycles. The van der Waals surface area contributed by atoms with Crippen LogP contribution in [0.1, 0.15) is 18.4 Å². The molecule has 1 unspecified atom stereocenters. The lowest BCUT2D eigenvalue weighted by atomic mass is 10.1. The molecule has 0 aliphatic rings. The molecule has 0 aliphatic carbocycles. The topological polar surface area (TPSA) is 38.5 Å². The highest BCUT2D eigenvalue weighted by Gasteiger charge is 2.08. The summed E-state index contributed by atoms with van der Waals surface area (Å²) >= 11 is 5.20. The molecule has 5 heteroatoms. The van der Waals surface area contributed by atoms with Gasteiger partial charge in [0.15, 0.2) is 0 Å². The van der Waals surface area contributed by atoms with E-state index in [0.717, 1.165) is 32.5 Å². The summed E-state index contributed by atoms with van der Waals surface area (Å²) < 4.78 is 6.21. The molecule has 1 heterocycles. The fourth-order valence-corrected chi connectivity index (χ4v) is 2.99. The summed E-state index contributed by atoms with van der Waals surface area (Å²) in [6.07, 6.45) is 2.06. The number of likely N-dealkylation sites (N-methyl/N-ethyl adjacent to an activating group) is 1. The second-order valence-electron chi connectivity index (χ2n) is 4.35. The van der Waals surface area contributed by atoms with Gasteiger partial charge in [0.25, 0.3) is 0 Å². The Morgan fingerprint density at radius 2 is 2.35 bits per heavy atom. The van der Waals surface area contributed by atoms with Gasteiger partial charge in [0.05, 0.1) is 3.79 Å². The monoisotopic (exact) mass is 320 g/mol. The molecule has 98 valence electrons. The van der Waals surface area contributed by atoms with Gasteiger partial charge < -0.3 is 15.4 Å². The summed E-state index contributed by atoms with van der Waals surface area (Å²) in [5.41, 5.74) is 7.41. The minimum Gasteiger partial charge on any atom is -0.385 e. The number of ether oxygens (including phenoxy) is 1. The molecule has 0 aliphatic heterocycles. The van der Waals surface area contributed by atoms with Gasteiger partial charge in [-0.2, -0.15) is 0 Å². The molecule has 0 radical (unpaired) electrons. The zero-order valence-corrected chi connectivity index (χ0v) is 12.9. The number of nitrogens with zero attached hydrogens (tertiary/aromatic N) is 1. The summed E-state index contributed by atoms with van der Waals surface area (Å²) in [4.78, 5) is 2.27. The van der Waals surface area contributed by atoms with E-state index in [9.17, 15) is 0 Å². The number of nitrogens with two attached hydrogens (primary N) is 1. The molecule has 0 spiro atoms. The maximum atomic E-state index is 6.07. The van der Waals surface area contributed by atoms with E-state index in [1.165, 1.54) is 9.35 Å². The van der Waals surface area contributed by atoms with Gasteiger partial charge in [-0.1, -0.05) is 0 Å². The summed E-state index contributed by atoms with van der Waals surface area (Å²) in [5.74, 6) is 0. The van der Waals surface area contributed by atoms with Crippen LogP contribution in [0.2, 0.25) is 0 Å². The molecule has 0 aromatic carbocycles. The Labute approximate surface area is 116 Å². The molecule has 1 atom stereocenters. The molecule has 0 amide bonds. The Morgan fingerprint density at radius 3 is 2.94 bits per heavy atom. The van der Waals surface area contributed by atoms with E-state index >= 15 is 0 Å². The number of hydrogen-bond acceptors (Lipinski definition) is 4. The fourth-order valence-electron chi connectivity index (χ4n) is 1.79. The van der Waals surface area contributed by atoms with E-state index in [1.807, 2.05) is 0 Å². The van der Waals surface area contributed by atoms with Crippen LogP contribution in [0.15, 0.2) is 15.2 Å². The van der Waals surface area contributed by atoms with Crippen molar-refractivity contribution in [1.29, 1.82) is 0 Å². The van der Waals surface area contributed by atoms with Crippen LogP contribution in [0.4, 0.5) is 0 Å². The Hall–Kier alpha value is 0.0600. The van der Waals surface area contributed by atoms with Crippen molar-refractivity contribution < 1.29 is 4.74 Å². The molecule has 0 saturated carbocycles. The van der Waals surface area contributed by atoms with E-state index in [1.54, 1.807) is 18.4 Å². The predicted molar refractivity (Wildman–Crippen MR) is 77.4 cm³/mol. The normalized spacial score (nSPS) is 13.2. The molecule has 1 rings (SSSR count). The van der Waals surface area contributed by atoms with E-state index in [2.05, 4.69) is 39.3 Å².